The van der Waals surface area contributed by atoms with Crippen molar-refractivity contribution in [3.8, 4) is 11.5 Å². The van der Waals surface area contributed by atoms with Gasteiger partial charge in [-0.05, 0) is 5.56 Å². The topological polar surface area (TPSA) is 83.9 Å². The summed E-state index contributed by atoms with van der Waals surface area (Å²) in [6, 6.07) is 12.1. The van der Waals surface area contributed by atoms with Gasteiger partial charge in [-0.15, -0.1) is 0 Å². The molecule has 21 heavy (non-hydrogen) atoms. The van der Waals surface area contributed by atoms with Crippen molar-refractivity contribution in [1.29, 1.82) is 5.39 Å². The number of carboxylic acids is 1. The quantitative estimate of drug-likeness (QED) is 0.850. The first-order valence-electron chi connectivity index (χ1n) is 6.13. The lowest BCUT2D eigenvalue weighted by Crippen LogP contribution is -2.01. The summed E-state index contributed by atoms with van der Waals surface area (Å²) in [6.45, 7) is 0.286. The molecule has 0 aliphatic carbocycles. The maximum atomic E-state index is 11.1. The smallest absolute Gasteiger partial charge is 0.403 e. The second kappa shape index (κ2) is 6.39. The monoisotopic (exact) mass is 285 g/mol. The third-order valence-electron chi connectivity index (χ3n) is 2.86. The van der Waals surface area contributed by atoms with Crippen LogP contribution >= 0.6 is 0 Å². The lowest BCUT2D eigenvalue weighted by molar-refractivity contribution is 0.0697. The van der Waals surface area contributed by atoms with Crippen LogP contribution in [0.5, 0.6) is 11.5 Å². The van der Waals surface area contributed by atoms with Gasteiger partial charge >= 0.3 is 11.7 Å². The highest BCUT2D eigenvalue weighted by atomic mass is 16.5. The van der Waals surface area contributed by atoms with Crippen molar-refractivity contribution >= 4 is 11.7 Å². The number of benzene rings is 2. The molecule has 2 rings (SSSR count). The maximum Gasteiger partial charge on any atom is 0.403 e. The Bertz CT molecular complexity index is 693. The number of hydrogen-bond acceptors (Lipinski definition) is 4. The van der Waals surface area contributed by atoms with Crippen LogP contribution < -0.4 is 9.47 Å². The molecule has 0 aromatic heterocycles. The Balaban J connectivity index is 2.30. The van der Waals surface area contributed by atoms with Crippen molar-refractivity contribution < 1.29 is 19.4 Å². The molecule has 0 aliphatic heterocycles. The summed E-state index contributed by atoms with van der Waals surface area (Å²) in [5.74, 6) is -0.648. The molecular formula is C15H13N2O4+. The van der Waals surface area contributed by atoms with E-state index in [9.17, 15) is 4.79 Å². The zero-order chi connectivity index (χ0) is 15.2. The van der Waals surface area contributed by atoms with Crippen molar-refractivity contribution in [1.82, 2.24) is 0 Å². The van der Waals surface area contributed by atoms with Gasteiger partial charge in [0, 0.05) is 6.07 Å². The Labute approximate surface area is 121 Å². The molecule has 0 atom stereocenters. The van der Waals surface area contributed by atoms with Crippen molar-refractivity contribution in [2.75, 3.05) is 7.11 Å². The second-order valence-electron chi connectivity index (χ2n) is 4.20. The summed E-state index contributed by atoms with van der Waals surface area (Å²) in [7, 11) is 1.41. The first-order valence-corrected chi connectivity index (χ1v) is 6.13. The van der Waals surface area contributed by atoms with Gasteiger partial charge in [0.05, 0.1) is 13.2 Å². The van der Waals surface area contributed by atoms with E-state index in [4.69, 9.17) is 20.0 Å². The van der Waals surface area contributed by atoms with Gasteiger partial charge < -0.3 is 14.6 Å². The Morgan fingerprint density at radius 2 is 1.95 bits per heavy atom. The highest BCUT2D eigenvalue weighted by Crippen LogP contribution is 2.35. The van der Waals surface area contributed by atoms with E-state index in [0.29, 0.717) is 5.75 Å². The fraction of sp³-hybridized carbons (Fsp3) is 0.133. The van der Waals surface area contributed by atoms with Crippen LogP contribution in [-0.2, 0) is 6.61 Å². The van der Waals surface area contributed by atoms with Gasteiger partial charge in [0.1, 0.15) is 6.61 Å². The molecule has 0 radical (unpaired) electrons. The number of diazo groups is 1. The van der Waals surface area contributed by atoms with Crippen LogP contribution in [0.3, 0.4) is 0 Å². The Morgan fingerprint density at radius 3 is 2.52 bits per heavy atom. The van der Waals surface area contributed by atoms with Gasteiger partial charge in [0.2, 0.25) is 5.39 Å². The van der Waals surface area contributed by atoms with Gasteiger partial charge in [-0.25, -0.2) is 4.79 Å². The molecule has 6 heteroatoms. The number of nitrogens with zero attached hydrogens (tertiary/aromatic N) is 2. The molecule has 2 aromatic rings. The normalized spacial score (nSPS) is 9.71. The molecule has 0 bridgehead atoms. The highest BCUT2D eigenvalue weighted by molar-refractivity contribution is 5.95. The summed E-state index contributed by atoms with van der Waals surface area (Å²) in [5.41, 5.74) is 0.692. The summed E-state index contributed by atoms with van der Waals surface area (Å²) in [6.07, 6.45) is 0. The predicted molar refractivity (Wildman–Crippen MR) is 75.5 cm³/mol. The summed E-state index contributed by atoms with van der Waals surface area (Å²) in [4.78, 5) is 14.0. The van der Waals surface area contributed by atoms with E-state index in [1.165, 1.54) is 19.2 Å². The third-order valence-corrected chi connectivity index (χ3v) is 2.86. The average molecular weight is 285 g/mol. The molecule has 0 fully saturated rings. The molecule has 0 saturated heterocycles. The lowest BCUT2D eigenvalue weighted by Gasteiger charge is -2.10. The molecule has 0 spiro atoms. The van der Waals surface area contributed by atoms with Crippen LogP contribution in [-0.4, -0.2) is 18.2 Å². The van der Waals surface area contributed by atoms with Crippen LogP contribution in [0.25, 0.3) is 4.98 Å². The second-order valence-corrected chi connectivity index (χ2v) is 4.20. The fourth-order valence-electron chi connectivity index (χ4n) is 1.81. The zero-order valence-corrected chi connectivity index (χ0v) is 11.3. The number of rotatable bonds is 5. The van der Waals surface area contributed by atoms with Crippen LogP contribution in [0.2, 0.25) is 0 Å². The van der Waals surface area contributed by atoms with Crippen LogP contribution in [0.4, 0.5) is 5.69 Å². The number of methoxy groups -OCH3 is 1. The van der Waals surface area contributed by atoms with Crippen LogP contribution in [0, 0.1) is 5.39 Å². The van der Waals surface area contributed by atoms with E-state index in [1.54, 1.807) is 0 Å². The number of ether oxygens (including phenoxy) is 2. The summed E-state index contributed by atoms with van der Waals surface area (Å²) >= 11 is 0. The van der Waals surface area contributed by atoms with Crippen molar-refractivity contribution in [3.63, 3.8) is 0 Å². The minimum absolute atomic E-state index is 0.0913. The molecule has 0 amide bonds. The van der Waals surface area contributed by atoms with E-state index in [-0.39, 0.29) is 23.6 Å². The molecule has 0 saturated carbocycles. The number of carboxylic acid groups (broad SMARTS) is 1. The van der Waals surface area contributed by atoms with Crippen molar-refractivity contribution in [2.24, 2.45) is 0 Å². The number of carbonyl (C=O) groups is 1. The first-order chi connectivity index (χ1) is 10.2. The van der Waals surface area contributed by atoms with Crippen LogP contribution in [0.1, 0.15) is 15.9 Å². The fourth-order valence-corrected chi connectivity index (χ4v) is 1.81. The van der Waals surface area contributed by atoms with E-state index in [1.807, 2.05) is 30.3 Å². The van der Waals surface area contributed by atoms with Gasteiger partial charge in [-0.2, -0.15) is 0 Å². The van der Waals surface area contributed by atoms with Crippen molar-refractivity contribution in [2.45, 2.75) is 6.61 Å². The van der Waals surface area contributed by atoms with E-state index < -0.39 is 5.97 Å². The van der Waals surface area contributed by atoms with Gasteiger partial charge in [-0.3, -0.25) is 0 Å². The Hall–Kier alpha value is -3.07. The molecule has 6 nitrogen and oxygen atoms in total. The van der Waals surface area contributed by atoms with E-state index in [2.05, 4.69) is 4.98 Å². The van der Waals surface area contributed by atoms with E-state index in [0.717, 1.165) is 5.56 Å². The predicted octanol–water partition coefficient (Wildman–Crippen LogP) is 3.46. The minimum Gasteiger partial charge on any atom is -0.493 e. The van der Waals surface area contributed by atoms with E-state index >= 15 is 0 Å². The molecule has 106 valence electrons. The van der Waals surface area contributed by atoms with Crippen molar-refractivity contribution in [3.05, 3.63) is 58.6 Å². The first kappa shape index (κ1) is 14.3. The van der Waals surface area contributed by atoms with Crippen LogP contribution in [0.15, 0.2) is 42.5 Å². The van der Waals surface area contributed by atoms with Gasteiger partial charge in [0.15, 0.2) is 22.0 Å². The Morgan fingerprint density at radius 1 is 1.24 bits per heavy atom. The molecule has 0 aliphatic rings. The summed E-state index contributed by atoms with van der Waals surface area (Å²) in [5, 5.41) is 18.0. The van der Waals surface area contributed by atoms with Gasteiger partial charge in [0.25, 0.3) is 0 Å². The highest BCUT2D eigenvalue weighted by Gasteiger charge is 2.24. The molecule has 0 heterocycles. The largest absolute Gasteiger partial charge is 0.493 e. The lowest BCUT2D eigenvalue weighted by atomic mass is 10.1. The Kier molecular flexibility index (Phi) is 4.36. The standard InChI is InChI=1S/C15H12N2O4/c1-20-13-7-11(15(18)19)12(17-16)8-14(13)21-9-10-5-3-2-4-6-10/h2-8H,9H2,1H3/p+1. The molecule has 1 N–H and O–H groups in total. The SMILES string of the molecule is COc1cc(C(=O)O)c([N+]#N)cc1OCc1ccccc1. The third kappa shape index (κ3) is 3.28. The molecule has 0 unspecified atom stereocenters. The average Bonchev–Trinajstić information content (AvgIpc) is 2.52. The summed E-state index contributed by atoms with van der Waals surface area (Å²) < 4.78 is 10.7. The number of aromatic carboxylic acids is 1. The zero-order valence-electron chi connectivity index (χ0n) is 11.3. The number of hydrogen-bond donors (Lipinski definition) is 1. The van der Waals surface area contributed by atoms with Gasteiger partial charge in [-0.1, -0.05) is 30.3 Å². The molecular weight excluding hydrogens is 272 g/mol. The maximum absolute atomic E-state index is 11.1. The molecule has 2 aromatic carbocycles. The minimum atomic E-state index is -1.21.